The molecule has 0 saturated carbocycles. The van der Waals surface area contributed by atoms with E-state index in [1.807, 2.05) is 0 Å². The third-order valence-corrected chi connectivity index (χ3v) is 8.52. The van der Waals surface area contributed by atoms with Gasteiger partial charge in [0, 0.05) is 23.8 Å². The zero-order valence-electron chi connectivity index (χ0n) is 23.3. The number of halogens is 2. The van der Waals surface area contributed by atoms with Crippen LogP contribution in [0, 0.1) is 0 Å². The highest BCUT2D eigenvalue weighted by molar-refractivity contribution is 7.12. The van der Waals surface area contributed by atoms with Gasteiger partial charge in [-0.15, -0.1) is 11.3 Å². The van der Waals surface area contributed by atoms with Gasteiger partial charge in [0.25, 0.3) is 11.8 Å². The molecule has 5 rings (SSSR count). The summed E-state index contributed by atoms with van der Waals surface area (Å²) in [6, 6.07) is 19.0. The number of carboxylic acids is 1. The Hall–Kier alpha value is -4.77. The van der Waals surface area contributed by atoms with Crippen LogP contribution >= 0.6 is 34.5 Å². The van der Waals surface area contributed by atoms with Gasteiger partial charge in [-0.1, -0.05) is 59.6 Å². The van der Waals surface area contributed by atoms with E-state index < -0.39 is 36.0 Å². The summed E-state index contributed by atoms with van der Waals surface area (Å²) in [5.74, 6) is -3.82. The van der Waals surface area contributed by atoms with E-state index in [4.69, 9.17) is 23.2 Å². The van der Waals surface area contributed by atoms with Crippen LogP contribution in [0.2, 0.25) is 10.0 Å². The van der Waals surface area contributed by atoms with Crippen LogP contribution in [0.5, 0.6) is 5.75 Å². The smallest absolute Gasteiger partial charge is 0.326 e. The number of benzene rings is 3. The summed E-state index contributed by atoms with van der Waals surface area (Å²) in [6.45, 7) is 0. The molecule has 1 amide bonds. The minimum atomic E-state index is -1.69. The maximum atomic E-state index is 13.4. The number of aromatic nitrogens is 1. The number of nitrogens with zero attached hydrogens (tertiary/aromatic N) is 1. The van der Waals surface area contributed by atoms with Gasteiger partial charge in [0.05, 0.1) is 26.0 Å². The number of Topliss-reactive ketones (excluding diaryl/α,β-unsaturated/α-hetero) is 2. The summed E-state index contributed by atoms with van der Waals surface area (Å²) in [5.41, 5.74) is 1.08. The number of fused-ring (bicyclic) bond motifs is 1. The second-order valence-electron chi connectivity index (χ2n) is 10.1. The van der Waals surface area contributed by atoms with Gasteiger partial charge >= 0.3 is 5.97 Å². The molecule has 2 heterocycles. The molecule has 0 aliphatic rings. The Morgan fingerprint density at radius 2 is 1.60 bits per heavy atom. The second kappa shape index (κ2) is 13.5. The lowest BCUT2D eigenvalue weighted by molar-refractivity contribution is -0.139. The van der Waals surface area contributed by atoms with Crippen LogP contribution in [-0.4, -0.2) is 50.2 Å². The number of aromatic hydroxyl groups is 1. The van der Waals surface area contributed by atoms with E-state index >= 15 is 0 Å². The van der Waals surface area contributed by atoms with Crippen molar-refractivity contribution in [2.45, 2.75) is 25.3 Å². The Labute approximate surface area is 270 Å². The van der Waals surface area contributed by atoms with Crippen molar-refractivity contribution < 1.29 is 34.2 Å². The first kappa shape index (κ1) is 31.6. The largest absolute Gasteiger partial charge is 0.508 e. The topological polar surface area (TPSA) is 143 Å². The number of carbonyl (C=O) groups is 5. The molecule has 228 valence electrons. The molecule has 3 aromatic carbocycles. The van der Waals surface area contributed by atoms with Gasteiger partial charge in [0.1, 0.15) is 17.5 Å². The van der Waals surface area contributed by atoms with E-state index in [1.54, 1.807) is 60.0 Å². The van der Waals surface area contributed by atoms with Crippen molar-refractivity contribution in [1.29, 1.82) is 0 Å². The number of hydrogen-bond donors (Lipinski definition) is 3. The SMILES string of the molecule is O=C(CCc1cccc(O)c1)c1cc(Cl)c(C(=O)C[C@H](NC(=O)c2cc3ccccc3n2C(=O)c2cccs2)C(=O)O)c(Cl)c1. The van der Waals surface area contributed by atoms with Crippen LogP contribution in [0.25, 0.3) is 10.9 Å². The molecule has 0 bridgehead atoms. The fraction of sp³-hybridized carbons (Fsp3) is 0.121. The van der Waals surface area contributed by atoms with Gasteiger partial charge < -0.3 is 15.5 Å². The first-order valence-electron chi connectivity index (χ1n) is 13.6. The molecule has 9 nitrogen and oxygen atoms in total. The van der Waals surface area contributed by atoms with Gasteiger partial charge in [-0.05, 0) is 59.8 Å². The molecule has 3 N–H and O–H groups in total. The normalized spacial score (nSPS) is 11.7. The number of para-hydroxylation sites is 1. The standard InChI is InChI=1S/C33H24Cl2N2O7S/c34-22-14-20(27(39)11-10-18-5-3-7-21(38)13-18)15-23(35)30(22)28(40)17-24(33(43)44)36-31(41)26-16-19-6-1-2-8-25(19)37(26)32(42)29-9-4-12-45-29/h1-9,12-16,24,38H,10-11,17H2,(H,36,41)(H,43,44)/t24-/m0/s1. The van der Waals surface area contributed by atoms with E-state index in [0.29, 0.717) is 22.2 Å². The molecule has 0 spiro atoms. The number of thiophene rings is 1. The zero-order valence-corrected chi connectivity index (χ0v) is 25.7. The van der Waals surface area contributed by atoms with E-state index in [2.05, 4.69) is 5.32 Å². The van der Waals surface area contributed by atoms with Crippen LogP contribution in [0.15, 0.2) is 84.2 Å². The van der Waals surface area contributed by atoms with Crippen molar-refractivity contribution >= 4 is 74.8 Å². The van der Waals surface area contributed by atoms with Crippen molar-refractivity contribution in [2.75, 3.05) is 0 Å². The van der Waals surface area contributed by atoms with Gasteiger partial charge in [0.2, 0.25) is 0 Å². The van der Waals surface area contributed by atoms with Crippen LogP contribution in [0.1, 0.15) is 59.3 Å². The summed E-state index contributed by atoms with van der Waals surface area (Å²) < 4.78 is 1.21. The van der Waals surface area contributed by atoms with Crippen LogP contribution in [-0.2, 0) is 11.2 Å². The van der Waals surface area contributed by atoms with Crippen molar-refractivity contribution in [3.8, 4) is 5.75 Å². The second-order valence-corrected chi connectivity index (χ2v) is 11.9. The number of nitrogens with one attached hydrogen (secondary N) is 1. The highest BCUT2D eigenvalue weighted by Gasteiger charge is 2.30. The molecule has 0 fully saturated rings. The Bertz CT molecular complexity index is 1940. The molecule has 12 heteroatoms. The fourth-order valence-corrected chi connectivity index (χ4v) is 6.24. The number of phenols is 1. The highest BCUT2D eigenvalue weighted by atomic mass is 35.5. The molecule has 0 radical (unpaired) electrons. The molecule has 1 atom stereocenters. The van der Waals surface area contributed by atoms with Crippen molar-refractivity contribution in [3.05, 3.63) is 122 Å². The molecule has 2 aromatic heterocycles. The van der Waals surface area contributed by atoms with E-state index in [1.165, 1.54) is 40.2 Å². The lowest BCUT2D eigenvalue weighted by Gasteiger charge is -2.16. The Kier molecular flexibility index (Phi) is 9.48. The molecule has 0 aliphatic heterocycles. The van der Waals surface area contributed by atoms with E-state index in [-0.39, 0.29) is 44.8 Å². The molecule has 0 saturated heterocycles. The number of aliphatic carboxylic acids is 1. The lowest BCUT2D eigenvalue weighted by Crippen LogP contribution is -2.43. The van der Waals surface area contributed by atoms with E-state index in [9.17, 15) is 34.2 Å². The fourth-order valence-electron chi connectivity index (χ4n) is 4.89. The number of carbonyl (C=O) groups excluding carboxylic acids is 4. The number of carboxylic acid groups (broad SMARTS) is 1. The molecule has 0 unspecified atom stereocenters. The highest BCUT2D eigenvalue weighted by Crippen LogP contribution is 2.30. The summed E-state index contributed by atoms with van der Waals surface area (Å²) in [4.78, 5) is 65.4. The van der Waals surface area contributed by atoms with Crippen molar-refractivity contribution in [3.63, 3.8) is 0 Å². The summed E-state index contributed by atoms with van der Waals surface area (Å²) >= 11 is 13.9. The average Bonchev–Trinajstić information content (AvgIpc) is 3.68. The maximum Gasteiger partial charge on any atom is 0.326 e. The molecule has 45 heavy (non-hydrogen) atoms. The van der Waals surface area contributed by atoms with Crippen molar-refractivity contribution in [2.24, 2.45) is 0 Å². The van der Waals surface area contributed by atoms with Crippen LogP contribution in [0.3, 0.4) is 0 Å². The monoisotopic (exact) mass is 662 g/mol. The quantitative estimate of drug-likeness (QED) is 0.134. The molecular formula is C33H24Cl2N2O7S. The molecule has 0 aliphatic carbocycles. The first-order valence-corrected chi connectivity index (χ1v) is 15.2. The average molecular weight is 664 g/mol. The zero-order chi connectivity index (χ0) is 32.2. The van der Waals surface area contributed by atoms with Gasteiger partial charge in [-0.2, -0.15) is 0 Å². The Morgan fingerprint density at radius 1 is 0.867 bits per heavy atom. The van der Waals surface area contributed by atoms with Crippen molar-refractivity contribution in [1.82, 2.24) is 9.88 Å². The van der Waals surface area contributed by atoms with E-state index in [0.717, 1.165) is 5.56 Å². The number of phenolic OH excluding ortho intramolecular Hbond substituents is 1. The molecular weight excluding hydrogens is 639 g/mol. The molecule has 5 aromatic rings. The summed E-state index contributed by atoms with van der Waals surface area (Å²) in [7, 11) is 0. The third kappa shape index (κ3) is 6.99. The number of hydrogen-bond acceptors (Lipinski definition) is 7. The van der Waals surface area contributed by atoms with Crippen LogP contribution in [0.4, 0.5) is 0 Å². The summed E-state index contributed by atoms with van der Waals surface area (Å²) in [6.07, 6.45) is -0.270. The predicted molar refractivity (Wildman–Crippen MR) is 171 cm³/mol. The first-order chi connectivity index (χ1) is 21.5. The number of rotatable bonds is 11. The minimum Gasteiger partial charge on any atom is -0.508 e. The number of amides is 1. The van der Waals surface area contributed by atoms with Gasteiger partial charge in [0.15, 0.2) is 11.6 Å². The van der Waals surface area contributed by atoms with Crippen LogP contribution < -0.4 is 5.32 Å². The van der Waals surface area contributed by atoms with Gasteiger partial charge in [-0.3, -0.25) is 23.7 Å². The predicted octanol–water partition coefficient (Wildman–Crippen LogP) is 6.68. The Morgan fingerprint density at radius 3 is 2.27 bits per heavy atom. The number of aryl methyl sites for hydroxylation is 1. The third-order valence-electron chi connectivity index (χ3n) is 7.07. The number of ketones is 2. The maximum absolute atomic E-state index is 13.4. The minimum absolute atomic E-state index is 0.0824. The summed E-state index contributed by atoms with van der Waals surface area (Å²) in [5, 5.41) is 23.9. The Balaban J connectivity index is 1.34. The van der Waals surface area contributed by atoms with Gasteiger partial charge in [-0.25, -0.2) is 4.79 Å². The lowest BCUT2D eigenvalue weighted by atomic mass is 9.98.